The molecule has 0 saturated carbocycles. The summed E-state index contributed by atoms with van der Waals surface area (Å²) in [5.74, 6) is -0.163. The van der Waals surface area contributed by atoms with E-state index in [1.807, 2.05) is 0 Å². The van der Waals surface area contributed by atoms with Crippen molar-refractivity contribution in [2.75, 3.05) is 5.32 Å². The number of anilines is 1. The zero-order chi connectivity index (χ0) is 12.4. The van der Waals surface area contributed by atoms with Crippen LogP contribution >= 0.6 is 0 Å². The third kappa shape index (κ3) is 2.44. The number of hydrogen-bond acceptors (Lipinski definition) is 4. The number of phenols is 1. The summed E-state index contributed by atoms with van der Waals surface area (Å²) in [7, 11) is 0. The van der Waals surface area contributed by atoms with Crippen LogP contribution in [0.1, 0.15) is 21.6 Å². The van der Waals surface area contributed by atoms with Gasteiger partial charge in [-0.15, -0.1) is 0 Å². The number of carbonyl (C=O) groups excluding carboxylic acids is 1. The lowest BCUT2D eigenvalue weighted by atomic mass is 10.1. The predicted octanol–water partition coefficient (Wildman–Crippen LogP) is 2.25. The van der Waals surface area contributed by atoms with Crippen molar-refractivity contribution in [3.8, 4) is 5.75 Å². The Hall–Kier alpha value is -2.30. The van der Waals surface area contributed by atoms with Crippen molar-refractivity contribution in [2.45, 2.75) is 13.8 Å². The summed E-state index contributed by atoms with van der Waals surface area (Å²) in [4.78, 5) is 15.8. The van der Waals surface area contributed by atoms with E-state index in [-0.39, 0.29) is 17.7 Å². The van der Waals surface area contributed by atoms with Crippen LogP contribution in [-0.4, -0.2) is 16.0 Å². The summed E-state index contributed by atoms with van der Waals surface area (Å²) in [5, 5.41) is 11.9. The smallest absolute Gasteiger partial charge is 0.301 e. The van der Waals surface area contributed by atoms with Crippen molar-refractivity contribution in [1.29, 1.82) is 0 Å². The zero-order valence-electron chi connectivity index (χ0n) is 9.52. The van der Waals surface area contributed by atoms with Gasteiger partial charge < -0.3 is 9.52 Å². The van der Waals surface area contributed by atoms with Crippen molar-refractivity contribution in [3.63, 3.8) is 0 Å². The molecule has 1 aromatic heterocycles. The van der Waals surface area contributed by atoms with E-state index < -0.39 is 0 Å². The van der Waals surface area contributed by atoms with Gasteiger partial charge in [-0.2, -0.15) is 4.98 Å². The molecule has 88 valence electrons. The second-order valence-corrected chi connectivity index (χ2v) is 3.75. The number of aromatic nitrogens is 1. The molecule has 0 spiro atoms. The standard InChI is InChI=1S/C12H12N2O3/c1-7-5-9(3-4-10(7)15)11(16)14-12-13-8(2)6-17-12/h3-6,15H,1-2H3,(H,13,14,16). The maximum Gasteiger partial charge on any atom is 0.301 e. The second kappa shape index (κ2) is 4.29. The number of rotatable bonds is 2. The number of nitrogens with one attached hydrogen (secondary N) is 1. The molecule has 2 rings (SSSR count). The molecule has 0 aliphatic heterocycles. The van der Waals surface area contributed by atoms with Gasteiger partial charge in [0.2, 0.25) is 0 Å². The van der Waals surface area contributed by atoms with Crippen LogP contribution in [0.3, 0.4) is 0 Å². The van der Waals surface area contributed by atoms with Crippen LogP contribution in [0, 0.1) is 13.8 Å². The van der Waals surface area contributed by atoms with Gasteiger partial charge in [0.1, 0.15) is 12.0 Å². The summed E-state index contributed by atoms with van der Waals surface area (Å²) in [6, 6.07) is 4.78. The summed E-state index contributed by atoms with van der Waals surface area (Å²) >= 11 is 0. The molecule has 0 unspecified atom stereocenters. The van der Waals surface area contributed by atoms with E-state index in [0.29, 0.717) is 16.8 Å². The van der Waals surface area contributed by atoms with E-state index in [1.165, 1.54) is 18.4 Å². The Morgan fingerprint density at radius 2 is 2.18 bits per heavy atom. The summed E-state index contributed by atoms with van der Waals surface area (Å²) < 4.78 is 5.02. The maximum atomic E-state index is 11.8. The van der Waals surface area contributed by atoms with Gasteiger partial charge in [0.05, 0.1) is 5.69 Å². The van der Waals surface area contributed by atoms with Crippen LogP contribution in [0.2, 0.25) is 0 Å². The molecule has 1 amide bonds. The molecule has 0 bridgehead atoms. The first-order chi connectivity index (χ1) is 8.06. The summed E-state index contributed by atoms with van der Waals surface area (Å²) in [6.07, 6.45) is 1.46. The number of nitrogens with zero attached hydrogens (tertiary/aromatic N) is 1. The number of oxazole rings is 1. The fraction of sp³-hybridized carbons (Fsp3) is 0.167. The first-order valence-electron chi connectivity index (χ1n) is 5.09. The fourth-order valence-corrected chi connectivity index (χ4v) is 1.38. The summed E-state index contributed by atoms with van der Waals surface area (Å²) in [5.41, 5.74) is 1.78. The molecular formula is C12H12N2O3. The largest absolute Gasteiger partial charge is 0.508 e. The fourth-order valence-electron chi connectivity index (χ4n) is 1.38. The monoisotopic (exact) mass is 232 g/mol. The molecule has 0 saturated heterocycles. The van der Waals surface area contributed by atoms with Gasteiger partial charge in [-0.3, -0.25) is 10.1 Å². The third-order valence-electron chi connectivity index (χ3n) is 2.30. The first-order valence-corrected chi connectivity index (χ1v) is 5.09. The van der Waals surface area contributed by atoms with Gasteiger partial charge in [-0.05, 0) is 37.6 Å². The number of aryl methyl sites for hydroxylation is 2. The van der Waals surface area contributed by atoms with Gasteiger partial charge in [0, 0.05) is 5.56 Å². The van der Waals surface area contributed by atoms with Crippen LogP contribution in [0.4, 0.5) is 6.01 Å². The van der Waals surface area contributed by atoms with Gasteiger partial charge in [-0.25, -0.2) is 0 Å². The zero-order valence-corrected chi connectivity index (χ0v) is 9.52. The minimum absolute atomic E-state index is 0.161. The van der Waals surface area contributed by atoms with Gasteiger partial charge in [0.15, 0.2) is 0 Å². The number of amides is 1. The highest BCUT2D eigenvalue weighted by atomic mass is 16.4. The maximum absolute atomic E-state index is 11.8. The highest BCUT2D eigenvalue weighted by Gasteiger charge is 2.10. The van der Waals surface area contributed by atoms with Crippen LogP contribution in [0.15, 0.2) is 28.9 Å². The number of benzene rings is 1. The van der Waals surface area contributed by atoms with E-state index in [0.717, 1.165) is 0 Å². The Bertz CT molecular complexity index is 561. The molecule has 0 fully saturated rings. The van der Waals surface area contributed by atoms with Crippen molar-refractivity contribution in [2.24, 2.45) is 0 Å². The Morgan fingerprint density at radius 3 is 2.76 bits per heavy atom. The molecule has 1 heterocycles. The molecule has 0 atom stereocenters. The Morgan fingerprint density at radius 1 is 1.41 bits per heavy atom. The van der Waals surface area contributed by atoms with Crippen molar-refractivity contribution >= 4 is 11.9 Å². The predicted molar refractivity (Wildman–Crippen MR) is 62.0 cm³/mol. The Balaban J connectivity index is 2.17. The van der Waals surface area contributed by atoms with E-state index in [2.05, 4.69) is 10.3 Å². The van der Waals surface area contributed by atoms with Gasteiger partial charge in [0.25, 0.3) is 5.91 Å². The topological polar surface area (TPSA) is 75.4 Å². The van der Waals surface area contributed by atoms with Gasteiger partial charge >= 0.3 is 6.01 Å². The molecule has 0 aliphatic rings. The van der Waals surface area contributed by atoms with Crippen molar-refractivity contribution in [3.05, 3.63) is 41.3 Å². The van der Waals surface area contributed by atoms with Crippen LogP contribution < -0.4 is 5.32 Å². The molecule has 5 heteroatoms. The second-order valence-electron chi connectivity index (χ2n) is 3.75. The molecule has 17 heavy (non-hydrogen) atoms. The average molecular weight is 232 g/mol. The highest BCUT2D eigenvalue weighted by molar-refractivity contribution is 6.03. The van der Waals surface area contributed by atoms with Crippen molar-refractivity contribution < 1.29 is 14.3 Å². The molecule has 2 aromatic rings. The lowest BCUT2D eigenvalue weighted by molar-refractivity contribution is 0.102. The Kier molecular flexibility index (Phi) is 2.82. The summed E-state index contributed by atoms with van der Waals surface area (Å²) in [6.45, 7) is 3.49. The number of phenolic OH excluding ortho intramolecular Hbond substituents is 1. The molecule has 0 radical (unpaired) electrons. The number of carbonyl (C=O) groups is 1. The van der Waals surface area contributed by atoms with Crippen molar-refractivity contribution in [1.82, 2.24) is 4.98 Å². The molecule has 0 aliphatic carbocycles. The lowest BCUT2D eigenvalue weighted by Crippen LogP contribution is -2.12. The lowest BCUT2D eigenvalue weighted by Gasteiger charge is -2.03. The van der Waals surface area contributed by atoms with Gasteiger partial charge in [-0.1, -0.05) is 0 Å². The SMILES string of the molecule is Cc1coc(NC(=O)c2ccc(O)c(C)c2)n1. The molecule has 5 nitrogen and oxygen atoms in total. The number of aromatic hydroxyl groups is 1. The highest BCUT2D eigenvalue weighted by Crippen LogP contribution is 2.17. The first kappa shape index (κ1) is 11.2. The normalized spacial score (nSPS) is 10.2. The molecular weight excluding hydrogens is 220 g/mol. The Labute approximate surface area is 98.1 Å². The van der Waals surface area contributed by atoms with Crippen LogP contribution in [-0.2, 0) is 0 Å². The average Bonchev–Trinajstić information content (AvgIpc) is 2.68. The van der Waals surface area contributed by atoms with E-state index in [4.69, 9.17) is 4.42 Å². The third-order valence-corrected chi connectivity index (χ3v) is 2.30. The number of hydrogen-bond donors (Lipinski definition) is 2. The minimum atomic E-state index is -0.324. The minimum Gasteiger partial charge on any atom is -0.508 e. The van der Waals surface area contributed by atoms with Crippen LogP contribution in [0.5, 0.6) is 5.75 Å². The van der Waals surface area contributed by atoms with Crippen LogP contribution in [0.25, 0.3) is 0 Å². The van der Waals surface area contributed by atoms with E-state index in [1.54, 1.807) is 19.9 Å². The molecule has 2 N–H and O–H groups in total. The molecule has 1 aromatic carbocycles. The quantitative estimate of drug-likeness (QED) is 0.832. The van der Waals surface area contributed by atoms with E-state index >= 15 is 0 Å². The van der Waals surface area contributed by atoms with E-state index in [9.17, 15) is 9.90 Å².